The fraction of sp³-hybridized carbons (Fsp3) is 0.381. The molecule has 1 aliphatic heterocycles. The van der Waals surface area contributed by atoms with E-state index in [0.717, 1.165) is 5.56 Å². The Morgan fingerprint density at radius 1 is 1.10 bits per heavy atom. The van der Waals surface area contributed by atoms with Crippen molar-refractivity contribution in [3.8, 4) is 0 Å². The van der Waals surface area contributed by atoms with Crippen molar-refractivity contribution < 1.29 is 23.1 Å². The number of rotatable bonds is 8. The molecule has 0 unspecified atom stereocenters. The molecule has 1 aliphatic rings. The number of halogens is 2. The van der Waals surface area contributed by atoms with E-state index in [0.29, 0.717) is 29.4 Å². The molecule has 31 heavy (non-hydrogen) atoms. The Bertz CT molecular complexity index is 1000. The lowest BCUT2D eigenvalue weighted by Crippen LogP contribution is -2.51. The van der Waals surface area contributed by atoms with Gasteiger partial charge >= 0.3 is 0 Å². The summed E-state index contributed by atoms with van der Waals surface area (Å²) in [6, 6.07) is 12.6. The Hall–Kier alpha value is -1.68. The molecule has 3 atom stereocenters. The molecule has 7 nitrogen and oxygen atoms in total. The lowest BCUT2D eigenvalue weighted by molar-refractivity contribution is -0.130. The summed E-state index contributed by atoms with van der Waals surface area (Å²) in [6.45, 7) is -0.0608. The highest BCUT2D eigenvalue weighted by Gasteiger charge is 2.34. The number of nitrogens with one attached hydrogen (secondary N) is 2. The second-order valence-corrected chi connectivity index (χ2v) is 9.85. The molecule has 0 aromatic heterocycles. The van der Waals surface area contributed by atoms with Gasteiger partial charge in [0.15, 0.2) is 0 Å². The van der Waals surface area contributed by atoms with Crippen LogP contribution in [0.3, 0.4) is 0 Å². The fourth-order valence-electron chi connectivity index (χ4n) is 3.41. The molecule has 2 aromatic rings. The van der Waals surface area contributed by atoms with Crippen molar-refractivity contribution >= 4 is 39.1 Å². The predicted octanol–water partition coefficient (Wildman–Crippen LogP) is 2.89. The maximum Gasteiger partial charge on any atom is 0.240 e. The molecule has 3 rings (SSSR count). The van der Waals surface area contributed by atoms with Gasteiger partial charge in [0.05, 0.1) is 46.2 Å². The van der Waals surface area contributed by atoms with E-state index in [4.69, 9.17) is 27.9 Å². The number of carbonyl (C=O) groups excluding carboxylic acids is 1. The molecule has 1 saturated heterocycles. The van der Waals surface area contributed by atoms with Crippen LogP contribution in [-0.2, 0) is 26.1 Å². The van der Waals surface area contributed by atoms with Gasteiger partial charge in [-0.05, 0) is 42.7 Å². The summed E-state index contributed by atoms with van der Waals surface area (Å²) in [6.07, 6.45) is -0.111. The van der Waals surface area contributed by atoms with E-state index in [1.54, 1.807) is 36.4 Å². The van der Waals surface area contributed by atoms with Gasteiger partial charge in [0.25, 0.3) is 0 Å². The zero-order valence-electron chi connectivity index (χ0n) is 16.6. The number of benzene rings is 2. The highest BCUT2D eigenvalue weighted by atomic mass is 35.5. The average Bonchev–Trinajstić information content (AvgIpc) is 2.76. The number of hydrogen-bond acceptors (Lipinski definition) is 5. The van der Waals surface area contributed by atoms with Crippen molar-refractivity contribution in [3.63, 3.8) is 0 Å². The van der Waals surface area contributed by atoms with Crippen molar-refractivity contribution in [2.24, 2.45) is 0 Å². The van der Waals surface area contributed by atoms with Crippen LogP contribution in [0.15, 0.2) is 53.4 Å². The molecule has 0 aliphatic carbocycles. The largest absolute Gasteiger partial charge is 0.394 e. The molecule has 1 fully saturated rings. The van der Waals surface area contributed by atoms with Gasteiger partial charge in [-0.3, -0.25) is 4.79 Å². The third-order valence-electron chi connectivity index (χ3n) is 5.04. The number of amides is 1. The first kappa shape index (κ1) is 24.0. The molecule has 1 amide bonds. The molecule has 10 heteroatoms. The first-order valence-electron chi connectivity index (χ1n) is 9.83. The summed E-state index contributed by atoms with van der Waals surface area (Å²) >= 11 is 11.9. The molecule has 0 bridgehead atoms. The topological polar surface area (TPSA) is 105 Å². The molecule has 2 aromatic carbocycles. The molecule has 3 N–H and O–H groups in total. The highest BCUT2D eigenvalue weighted by Crippen LogP contribution is 2.24. The second-order valence-electron chi connectivity index (χ2n) is 7.33. The first-order chi connectivity index (χ1) is 14.8. The van der Waals surface area contributed by atoms with E-state index in [-0.39, 0.29) is 23.8 Å². The minimum atomic E-state index is -3.73. The van der Waals surface area contributed by atoms with Gasteiger partial charge in [0, 0.05) is 6.54 Å². The van der Waals surface area contributed by atoms with Gasteiger partial charge in [-0.25, -0.2) is 13.1 Å². The number of carbonyl (C=O) groups is 1. The predicted molar refractivity (Wildman–Crippen MR) is 118 cm³/mol. The number of aliphatic hydroxyl groups is 1. The Morgan fingerprint density at radius 2 is 1.84 bits per heavy atom. The average molecular weight is 487 g/mol. The van der Waals surface area contributed by atoms with E-state index >= 15 is 0 Å². The monoisotopic (exact) mass is 486 g/mol. The summed E-state index contributed by atoms with van der Waals surface area (Å²) in [7, 11) is -3.73. The number of hydrogen-bond donors (Lipinski definition) is 3. The molecule has 0 radical (unpaired) electrons. The summed E-state index contributed by atoms with van der Waals surface area (Å²) in [4.78, 5) is 12.5. The molecule has 0 spiro atoms. The highest BCUT2D eigenvalue weighted by molar-refractivity contribution is 7.89. The zero-order valence-corrected chi connectivity index (χ0v) is 19.0. The molecule has 1 heterocycles. The van der Waals surface area contributed by atoms with Crippen molar-refractivity contribution in [3.05, 3.63) is 64.1 Å². The Kier molecular flexibility index (Phi) is 8.32. The van der Waals surface area contributed by atoms with Crippen LogP contribution in [0.4, 0.5) is 0 Å². The van der Waals surface area contributed by atoms with E-state index in [1.807, 2.05) is 0 Å². The molecule has 0 saturated carbocycles. The smallest absolute Gasteiger partial charge is 0.240 e. The van der Waals surface area contributed by atoms with Crippen LogP contribution < -0.4 is 10.0 Å². The van der Waals surface area contributed by atoms with Crippen LogP contribution in [-0.4, -0.2) is 44.3 Å². The van der Waals surface area contributed by atoms with Gasteiger partial charge in [0.2, 0.25) is 15.9 Å². The van der Waals surface area contributed by atoms with Gasteiger partial charge in [-0.1, -0.05) is 47.5 Å². The molecular formula is C21H24Cl2N2O5S. The van der Waals surface area contributed by atoms with Crippen LogP contribution in [0.1, 0.15) is 24.8 Å². The third-order valence-corrected chi connectivity index (χ3v) is 7.29. The van der Waals surface area contributed by atoms with Crippen LogP contribution in [0, 0.1) is 0 Å². The van der Waals surface area contributed by atoms with Gasteiger partial charge in [-0.2, -0.15) is 0 Å². The Balaban J connectivity index is 1.52. The Morgan fingerprint density at radius 3 is 2.52 bits per heavy atom. The second kappa shape index (κ2) is 10.8. The normalized spacial score (nSPS) is 21.6. The minimum absolute atomic E-state index is 0.107. The van der Waals surface area contributed by atoms with Crippen LogP contribution in [0.25, 0.3) is 0 Å². The number of sulfonamides is 1. The lowest BCUT2D eigenvalue weighted by atomic mass is 9.98. The van der Waals surface area contributed by atoms with E-state index < -0.39 is 28.3 Å². The zero-order chi connectivity index (χ0) is 22.4. The minimum Gasteiger partial charge on any atom is -0.394 e. The Labute approximate surface area is 191 Å². The third kappa shape index (κ3) is 6.65. The van der Waals surface area contributed by atoms with Crippen molar-refractivity contribution in [2.75, 3.05) is 6.61 Å². The van der Waals surface area contributed by atoms with Crippen molar-refractivity contribution in [2.45, 2.75) is 49.0 Å². The van der Waals surface area contributed by atoms with E-state index in [1.165, 1.54) is 12.1 Å². The first-order valence-corrected chi connectivity index (χ1v) is 12.1. The number of ether oxygens (including phenoxy) is 1. The standard InChI is InChI=1S/C21H24Cl2N2O5S/c22-17-8-6-14(10-18(17)23)12-24-21(27)11-15-7-9-19(20(13-26)30-15)25-31(28,29)16-4-2-1-3-5-16/h1-6,8,10,15,19-20,25-26H,7,9,11-13H2,(H,24,27)/t15-,19+,20+/m1/s1. The van der Waals surface area contributed by atoms with Crippen LogP contribution in [0.5, 0.6) is 0 Å². The summed E-state index contributed by atoms with van der Waals surface area (Å²) in [5.41, 5.74) is 0.816. The molecule has 168 valence electrons. The van der Waals surface area contributed by atoms with Gasteiger partial charge in [0.1, 0.15) is 0 Å². The maximum atomic E-state index is 12.6. The van der Waals surface area contributed by atoms with Crippen molar-refractivity contribution in [1.29, 1.82) is 0 Å². The van der Waals surface area contributed by atoms with Gasteiger partial charge in [-0.15, -0.1) is 0 Å². The van der Waals surface area contributed by atoms with E-state index in [9.17, 15) is 18.3 Å². The van der Waals surface area contributed by atoms with Crippen molar-refractivity contribution in [1.82, 2.24) is 10.0 Å². The van der Waals surface area contributed by atoms with Gasteiger partial charge < -0.3 is 15.2 Å². The summed E-state index contributed by atoms with van der Waals surface area (Å²) in [5, 5.41) is 13.4. The van der Waals surface area contributed by atoms with E-state index in [2.05, 4.69) is 10.0 Å². The van der Waals surface area contributed by atoms with Crippen LogP contribution >= 0.6 is 23.2 Å². The lowest BCUT2D eigenvalue weighted by Gasteiger charge is -2.35. The quantitative estimate of drug-likeness (QED) is 0.531. The maximum absolute atomic E-state index is 12.6. The fourth-order valence-corrected chi connectivity index (χ4v) is 5.05. The SMILES string of the molecule is O=C(C[C@H]1CC[C@H](NS(=O)(=O)c2ccccc2)[C@H](CO)O1)NCc1ccc(Cl)c(Cl)c1. The summed E-state index contributed by atoms with van der Waals surface area (Å²) < 4.78 is 33.5. The molecular weight excluding hydrogens is 463 g/mol. The number of aliphatic hydroxyl groups excluding tert-OH is 1. The summed E-state index contributed by atoms with van der Waals surface area (Å²) in [5.74, 6) is -0.212. The van der Waals surface area contributed by atoms with Crippen LogP contribution in [0.2, 0.25) is 10.0 Å².